The minimum absolute atomic E-state index is 0.257. The maximum absolute atomic E-state index is 12.8. The Morgan fingerprint density at radius 2 is 1.83 bits per heavy atom. The van der Waals surface area contributed by atoms with Gasteiger partial charge in [0.1, 0.15) is 5.69 Å². The van der Waals surface area contributed by atoms with Gasteiger partial charge in [0.15, 0.2) is 0 Å². The van der Waals surface area contributed by atoms with Crippen molar-refractivity contribution in [2.45, 2.75) is 0 Å². The van der Waals surface area contributed by atoms with E-state index in [1.54, 1.807) is 37.5 Å². The van der Waals surface area contributed by atoms with Crippen LogP contribution in [0.25, 0.3) is 11.1 Å². The summed E-state index contributed by atoms with van der Waals surface area (Å²) in [6.07, 6.45) is 1.62. The number of H-pyrrole nitrogens is 1. The second kappa shape index (κ2) is 6.37. The summed E-state index contributed by atoms with van der Waals surface area (Å²) in [7, 11) is 1.64. The highest BCUT2D eigenvalue weighted by molar-refractivity contribution is 6.08. The van der Waals surface area contributed by atoms with Crippen molar-refractivity contribution in [1.82, 2.24) is 10.2 Å². The third-order valence-electron chi connectivity index (χ3n) is 3.76. The number of nitrogens with one attached hydrogen (secondary N) is 1. The average Bonchev–Trinajstić information content (AvgIpc) is 3.11. The second-order valence-electron chi connectivity index (χ2n) is 5.30. The molecule has 3 rings (SSSR count). The van der Waals surface area contributed by atoms with E-state index >= 15 is 0 Å². The Hall–Kier alpha value is -3.41. The van der Waals surface area contributed by atoms with Crippen molar-refractivity contribution >= 4 is 17.5 Å². The lowest BCUT2D eigenvalue weighted by atomic mass is 10.1. The second-order valence-corrected chi connectivity index (χ2v) is 5.30. The number of aromatic nitrogens is 2. The van der Waals surface area contributed by atoms with Crippen molar-refractivity contribution in [3.05, 3.63) is 72.1 Å². The predicted molar refractivity (Wildman–Crippen MR) is 91.7 cm³/mol. The maximum Gasteiger partial charge on any atom is 0.276 e. The fourth-order valence-electron chi connectivity index (χ4n) is 2.44. The molecule has 6 heteroatoms. The normalized spacial score (nSPS) is 10.4. The van der Waals surface area contributed by atoms with Gasteiger partial charge in [0.05, 0.1) is 6.20 Å². The van der Waals surface area contributed by atoms with E-state index in [4.69, 9.17) is 5.73 Å². The number of hydrogen-bond acceptors (Lipinski definition) is 3. The van der Waals surface area contributed by atoms with Crippen LogP contribution < -0.4 is 10.6 Å². The summed E-state index contributed by atoms with van der Waals surface area (Å²) in [5.74, 6) is -0.794. The highest BCUT2D eigenvalue weighted by Gasteiger charge is 2.20. The predicted octanol–water partition coefficient (Wildman–Crippen LogP) is 2.45. The fraction of sp³-hybridized carbons (Fsp3) is 0.0556. The van der Waals surface area contributed by atoms with Gasteiger partial charge < -0.3 is 10.6 Å². The Labute approximate surface area is 138 Å². The lowest BCUT2D eigenvalue weighted by Gasteiger charge is -2.17. The van der Waals surface area contributed by atoms with Crippen LogP contribution in [0.3, 0.4) is 0 Å². The van der Waals surface area contributed by atoms with Crippen molar-refractivity contribution in [2.24, 2.45) is 5.73 Å². The zero-order valence-electron chi connectivity index (χ0n) is 13.1. The fourth-order valence-corrected chi connectivity index (χ4v) is 2.44. The summed E-state index contributed by atoms with van der Waals surface area (Å²) in [5, 5.41) is 6.75. The zero-order chi connectivity index (χ0) is 17.1. The van der Waals surface area contributed by atoms with Crippen LogP contribution in [0.5, 0.6) is 0 Å². The van der Waals surface area contributed by atoms with Gasteiger partial charge in [0.2, 0.25) is 5.91 Å². The maximum atomic E-state index is 12.8. The Bertz CT molecular complexity index is 887. The number of carbonyl (C=O) groups excluding carboxylic acids is 2. The van der Waals surface area contributed by atoms with E-state index in [1.807, 2.05) is 30.3 Å². The molecule has 1 heterocycles. The van der Waals surface area contributed by atoms with Crippen molar-refractivity contribution in [3.63, 3.8) is 0 Å². The topological polar surface area (TPSA) is 92.1 Å². The smallest absolute Gasteiger partial charge is 0.276 e. The number of amides is 2. The molecule has 0 bridgehead atoms. The lowest BCUT2D eigenvalue weighted by Crippen LogP contribution is -2.27. The molecule has 2 aromatic carbocycles. The molecule has 0 radical (unpaired) electrons. The van der Waals surface area contributed by atoms with Crippen molar-refractivity contribution in [2.75, 3.05) is 11.9 Å². The molecule has 0 saturated carbocycles. The molecule has 1 aromatic heterocycles. The molecule has 0 aliphatic carbocycles. The minimum atomic E-state index is -0.538. The molecule has 2 amide bonds. The number of nitrogens with two attached hydrogens (primary N) is 1. The van der Waals surface area contributed by atoms with E-state index < -0.39 is 5.91 Å². The van der Waals surface area contributed by atoms with Gasteiger partial charge in [-0.3, -0.25) is 14.7 Å². The first-order valence-electron chi connectivity index (χ1n) is 7.34. The van der Waals surface area contributed by atoms with Gasteiger partial charge in [-0.05, 0) is 23.8 Å². The number of carbonyl (C=O) groups is 2. The molecule has 24 heavy (non-hydrogen) atoms. The molecule has 0 spiro atoms. The number of anilines is 1. The molecule has 0 saturated heterocycles. The van der Waals surface area contributed by atoms with Crippen LogP contribution in [0.4, 0.5) is 5.69 Å². The largest absolute Gasteiger partial charge is 0.366 e. The SMILES string of the molecule is CN(C(=O)c1[nH]ncc1-c1ccccc1)c1cccc(C(N)=O)c1. The molecule has 120 valence electrons. The Morgan fingerprint density at radius 3 is 2.54 bits per heavy atom. The van der Waals surface area contributed by atoms with Gasteiger partial charge >= 0.3 is 0 Å². The van der Waals surface area contributed by atoms with Crippen LogP contribution >= 0.6 is 0 Å². The highest BCUT2D eigenvalue weighted by atomic mass is 16.2. The first-order chi connectivity index (χ1) is 11.6. The van der Waals surface area contributed by atoms with Gasteiger partial charge in [0, 0.05) is 23.9 Å². The van der Waals surface area contributed by atoms with Crippen LogP contribution in [-0.2, 0) is 0 Å². The summed E-state index contributed by atoms with van der Waals surface area (Å²) in [5.41, 5.74) is 8.22. The van der Waals surface area contributed by atoms with E-state index in [-0.39, 0.29) is 5.91 Å². The van der Waals surface area contributed by atoms with Crippen LogP contribution in [-0.4, -0.2) is 29.1 Å². The molecular weight excluding hydrogens is 304 g/mol. The number of nitrogens with zero attached hydrogens (tertiary/aromatic N) is 2. The molecule has 0 aliphatic rings. The number of rotatable bonds is 4. The Kier molecular flexibility index (Phi) is 4.11. The summed E-state index contributed by atoms with van der Waals surface area (Å²) < 4.78 is 0. The van der Waals surface area contributed by atoms with Crippen LogP contribution in [0.15, 0.2) is 60.8 Å². The Balaban J connectivity index is 1.94. The Morgan fingerprint density at radius 1 is 1.08 bits per heavy atom. The van der Waals surface area contributed by atoms with E-state index in [0.717, 1.165) is 11.1 Å². The monoisotopic (exact) mass is 320 g/mol. The molecular formula is C18H16N4O2. The highest BCUT2D eigenvalue weighted by Crippen LogP contribution is 2.24. The first-order valence-corrected chi connectivity index (χ1v) is 7.34. The van der Waals surface area contributed by atoms with Crippen LogP contribution in [0.1, 0.15) is 20.8 Å². The third-order valence-corrected chi connectivity index (χ3v) is 3.76. The van der Waals surface area contributed by atoms with Gasteiger partial charge in [-0.1, -0.05) is 36.4 Å². The number of hydrogen-bond donors (Lipinski definition) is 2. The summed E-state index contributed by atoms with van der Waals surface area (Å²) in [4.78, 5) is 25.6. The molecule has 3 N–H and O–H groups in total. The minimum Gasteiger partial charge on any atom is -0.366 e. The zero-order valence-corrected chi connectivity index (χ0v) is 13.1. The summed E-state index contributed by atoms with van der Waals surface area (Å²) >= 11 is 0. The molecule has 0 aliphatic heterocycles. The van der Waals surface area contributed by atoms with Gasteiger partial charge in [-0.25, -0.2) is 0 Å². The van der Waals surface area contributed by atoms with Gasteiger partial charge in [-0.15, -0.1) is 0 Å². The van der Waals surface area contributed by atoms with Crippen molar-refractivity contribution < 1.29 is 9.59 Å². The quantitative estimate of drug-likeness (QED) is 0.773. The van der Waals surface area contributed by atoms with E-state index in [9.17, 15) is 9.59 Å². The van der Waals surface area contributed by atoms with Crippen molar-refractivity contribution in [1.29, 1.82) is 0 Å². The lowest BCUT2D eigenvalue weighted by molar-refractivity contribution is 0.0982. The summed E-state index contributed by atoms with van der Waals surface area (Å²) in [6, 6.07) is 16.1. The van der Waals surface area contributed by atoms with Crippen molar-refractivity contribution in [3.8, 4) is 11.1 Å². The first kappa shape index (κ1) is 15.5. The molecule has 0 atom stereocenters. The van der Waals surface area contributed by atoms with Gasteiger partial charge in [-0.2, -0.15) is 5.10 Å². The molecule has 3 aromatic rings. The average molecular weight is 320 g/mol. The molecule has 0 unspecified atom stereocenters. The standard InChI is InChI=1S/C18H16N4O2/c1-22(14-9-5-8-13(10-14)17(19)23)18(24)16-15(11-20-21-16)12-6-3-2-4-7-12/h2-11H,1H3,(H2,19,23)(H,20,21). The third kappa shape index (κ3) is 2.89. The summed E-state index contributed by atoms with van der Waals surface area (Å²) in [6.45, 7) is 0. The molecule has 6 nitrogen and oxygen atoms in total. The van der Waals surface area contributed by atoms with E-state index in [0.29, 0.717) is 16.9 Å². The van der Waals surface area contributed by atoms with Crippen LogP contribution in [0.2, 0.25) is 0 Å². The van der Waals surface area contributed by atoms with Gasteiger partial charge in [0.25, 0.3) is 5.91 Å². The number of primary amides is 1. The number of benzene rings is 2. The van der Waals surface area contributed by atoms with E-state index in [1.165, 1.54) is 4.90 Å². The molecule has 0 fully saturated rings. The van der Waals surface area contributed by atoms with Crippen LogP contribution in [0, 0.1) is 0 Å². The van der Waals surface area contributed by atoms with E-state index in [2.05, 4.69) is 10.2 Å². The number of aromatic amines is 1.